The van der Waals surface area contributed by atoms with Crippen molar-refractivity contribution < 1.29 is 4.79 Å². The molecule has 0 radical (unpaired) electrons. The van der Waals surface area contributed by atoms with E-state index in [1.54, 1.807) is 0 Å². The van der Waals surface area contributed by atoms with Crippen LogP contribution in [0.25, 0.3) is 0 Å². The van der Waals surface area contributed by atoms with E-state index in [1.165, 1.54) is 16.8 Å². The number of para-hydroxylation sites is 1. The monoisotopic (exact) mass is 435 g/mol. The Bertz CT molecular complexity index is 719. The summed E-state index contributed by atoms with van der Waals surface area (Å²) in [6.45, 7) is 7.51. The van der Waals surface area contributed by atoms with Crippen LogP contribution in [-0.2, 0) is 0 Å². The van der Waals surface area contributed by atoms with Crippen LogP contribution in [0.3, 0.4) is 0 Å². The molecule has 0 saturated carbocycles. The van der Waals surface area contributed by atoms with Crippen molar-refractivity contribution >= 4 is 40.0 Å². The van der Waals surface area contributed by atoms with Crippen molar-refractivity contribution in [2.45, 2.75) is 13.8 Å². The minimum Gasteiger partial charge on any atom is -0.368 e. The number of nitrogens with zero attached hydrogens (tertiary/aromatic N) is 2. The fourth-order valence-corrected chi connectivity index (χ4v) is 3.75. The fraction of sp³-hybridized carbons (Fsp3) is 0.316. The van der Waals surface area contributed by atoms with E-state index in [9.17, 15) is 4.79 Å². The topological polar surface area (TPSA) is 35.6 Å². The molecule has 126 valence electrons. The van der Waals surface area contributed by atoms with Gasteiger partial charge in [-0.15, -0.1) is 0 Å². The van der Waals surface area contributed by atoms with E-state index >= 15 is 0 Å². The van der Waals surface area contributed by atoms with E-state index in [0.29, 0.717) is 0 Å². The van der Waals surface area contributed by atoms with Gasteiger partial charge in [0, 0.05) is 41.1 Å². The van der Waals surface area contributed by atoms with Crippen molar-refractivity contribution in [1.82, 2.24) is 4.90 Å². The van der Waals surface area contributed by atoms with Crippen LogP contribution < -0.4 is 10.2 Å². The molecule has 24 heavy (non-hydrogen) atoms. The van der Waals surface area contributed by atoms with Gasteiger partial charge in [0.25, 0.3) is 0 Å². The second-order valence-corrected chi connectivity index (χ2v) is 7.40. The summed E-state index contributed by atoms with van der Waals surface area (Å²) in [4.78, 5) is 16.7. The Balaban J connectivity index is 1.61. The molecule has 0 aromatic heterocycles. The van der Waals surface area contributed by atoms with E-state index in [1.807, 2.05) is 29.2 Å². The normalized spacial score (nSPS) is 14.6. The van der Waals surface area contributed by atoms with Gasteiger partial charge in [-0.05, 0) is 65.8 Å². The molecule has 2 aromatic rings. The predicted molar refractivity (Wildman–Crippen MR) is 108 cm³/mol. The number of urea groups is 1. The van der Waals surface area contributed by atoms with Crippen molar-refractivity contribution in [2.24, 2.45) is 0 Å². The first-order valence-corrected chi connectivity index (χ1v) is 9.25. The Morgan fingerprint density at radius 2 is 1.62 bits per heavy atom. The molecule has 0 aliphatic carbocycles. The van der Waals surface area contributed by atoms with E-state index in [0.717, 1.165) is 35.4 Å². The summed E-state index contributed by atoms with van der Waals surface area (Å²) in [5, 5.41) is 2.99. The number of carbonyl (C=O) groups excluding carboxylic acids is 1. The van der Waals surface area contributed by atoms with Gasteiger partial charge >= 0.3 is 6.03 Å². The van der Waals surface area contributed by atoms with Crippen LogP contribution in [0.1, 0.15) is 11.1 Å². The van der Waals surface area contributed by atoms with Gasteiger partial charge in [-0.1, -0.05) is 24.3 Å². The van der Waals surface area contributed by atoms with Crippen LogP contribution in [0.15, 0.2) is 42.5 Å². The number of amides is 2. The highest BCUT2D eigenvalue weighted by Crippen LogP contribution is 2.25. The molecular formula is C19H22IN3O. The van der Waals surface area contributed by atoms with Crippen LogP contribution >= 0.6 is 22.6 Å². The summed E-state index contributed by atoms with van der Waals surface area (Å²) in [5.41, 5.74) is 4.76. The average molecular weight is 435 g/mol. The van der Waals surface area contributed by atoms with Crippen LogP contribution in [0.2, 0.25) is 0 Å². The van der Waals surface area contributed by atoms with Crippen LogP contribution in [0, 0.1) is 17.4 Å². The Morgan fingerprint density at radius 3 is 2.25 bits per heavy atom. The summed E-state index contributed by atoms with van der Waals surface area (Å²) in [7, 11) is 0. The van der Waals surface area contributed by atoms with Crippen LogP contribution in [0.4, 0.5) is 16.2 Å². The van der Waals surface area contributed by atoms with Crippen molar-refractivity contribution in [3.05, 3.63) is 57.2 Å². The van der Waals surface area contributed by atoms with Crippen molar-refractivity contribution in [1.29, 1.82) is 0 Å². The number of hydrogen-bond donors (Lipinski definition) is 1. The van der Waals surface area contributed by atoms with E-state index in [-0.39, 0.29) is 6.03 Å². The van der Waals surface area contributed by atoms with Gasteiger partial charge in [-0.3, -0.25) is 0 Å². The molecule has 1 saturated heterocycles. The lowest BCUT2D eigenvalue weighted by molar-refractivity contribution is 0.208. The number of benzene rings is 2. The number of hydrogen-bond acceptors (Lipinski definition) is 2. The molecule has 0 atom stereocenters. The van der Waals surface area contributed by atoms with Crippen molar-refractivity contribution in [3.8, 4) is 0 Å². The summed E-state index contributed by atoms with van der Waals surface area (Å²) in [5.74, 6) is 0. The highest BCUT2D eigenvalue weighted by molar-refractivity contribution is 14.1. The minimum atomic E-state index is -0.0156. The van der Waals surface area contributed by atoms with Gasteiger partial charge in [-0.25, -0.2) is 4.79 Å². The molecule has 1 N–H and O–H groups in total. The second-order valence-electron chi connectivity index (χ2n) is 6.16. The first-order valence-electron chi connectivity index (χ1n) is 8.17. The number of aryl methyl sites for hydroxylation is 2. The quantitative estimate of drug-likeness (QED) is 0.716. The summed E-state index contributed by atoms with van der Waals surface area (Å²) in [6, 6.07) is 14.3. The molecule has 2 aromatic carbocycles. The zero-order valence-electron chi connectivity index (χ0n) is 14.1. The van der Waals surface area contributed by atoms with Gasteiger partial charge in [0.1, 0.15) is 0 Å². The van der Waals surface area contributed by atoms with Gasteiger partial charge in [0.2, 0.25) is 0 Å². The molecule has 5 heteroatoms. The van der Waals surface area contributed by atoms with Gasteiger partial charge in [0.05, 0.1) is 0 Å². The number of piperazine rings is 1. The number of carbonyl (C=O) groups is 1. The second kappa shape index (κ2) is 7.42. The number of anilines is 2. The largest absolute Gasteiger partial charge is 0.368 e. The Kier molecular flexibility index (Phi) is 5.28. The minimum absolute atomic E-state index is 0.0156. The lowest BCUT2D eigenvalue weighted by Crippen LogP contribution is -2.50. The highest BCUT2D eigenvalue weighted by Gasteiger charge is 2.22. The molecule has 0 bridgehead atoms. The summed E-state index contributed by atoms with van der Waals surface area (Å²) < 4.78 is 1.12. The molecule has 0 spiro atoms. The third kappa shape index (κ3) is 3.83. The maximum absolute atomic E-state index is 12.4. The van der Waals surface area contributed by atoms with Crippen molar-refractivity contribution in [3.63, 3.8) is 0 Å². The smallest absolute Gasteiger partial charge is 0.321 e. The first kappa shape index (κ1) is 17.1. The lowest BCUT2D eigenvalue weighted by atomic mass is 10.1. The standard InChI is InChI=1S/C19H22IN3O/c1-14-5-3-6-15(2)18(14)22-9-11-23(12-10-22)19(24)21-17-8-4-7-16(20)13-17/h3-8,13H,9-12H2,1-2H3,(H,21,24). The van der Waals surface area contributed by atoms with Crippen LogP contribution in [-0.4, -0.2) is 37.1 Å². The summed E-state index contributed by atoms with van der Waals surface area (Å²) in [6.07, 6.45) is 0. The predicted octanol–water partition coefficient (Wildman–Crippen LogP) is 4.26. The number of nitrogens with one attached hydrogen (secondary N) is 1. The zero-order valence-corrected chi connectivity index (χ0v) is 16.2. The molecule has 1 aliphatic rings. The molecule has 1 aliphatic heterocycles. The molecule has 1 fully saturated rings. The van der Waals surface area contributed by atoms with E-state index in [4.69, 9.17) is 0 Å². The Labute approximate surface area is 157 Å². The fourth-order valence-electron chi connectivity index (χ4n) is 3.21. The molecule has 4 nitrogen and oxygen atoms in total. The zero-order chi connectivity index (χ0) is 17.1. The van der Waals surface area contributed by atoms with Gasteiger partial charge in [0.15, 0.2) is 0 Å². The SMILES string of the molecule is Cc1cccc(C)c1N1CCN(C(=O)Nc2cccc(I)c2)CC1. The summed E-state index contributed by atoms with van der Waals surface area (Å²) >= 11 is 2.25. The number of rotatable bonds is 2. The molecule has 3 rings (SSSR count). The molecule has 2 amide bonds. The van der Waals surface area contributed by atoms with E-state index in [2.05, 4.69) is 64.9 Å². The van der Waals surface area contributed by atoms with Gasteiger partial charge in [-0.2, -0.15) is 0 Å². The highest BCUT2D eigenvalue weighted by atomic mass is 127. The Hall–Kier alpha value is -1.76. The van der Waals surface area contributed by atoms with Gasteiger partial charge < -0.3 is 15.1 Å². The van der Waals surface area contributed by atoms with Crippen LogP contribution in [0.5, 0.6) is 0 Å². The third-order valence-corrected chi connectivity index (χ3v) is 5.07. The molecular weight excluding hydrogens is 413 g/mol. The first-order chi connectivity index (χ1) is 11.5. The number of halogens is 1. The van der Waals surface area contributed by atoms with E-state index < -0.39 is 0 Å². The molecule has 1 heterocycles. The maximum atomic E-state index is 12.4. The maximum Gasteiger partial charge on any atom is 0.321 e. The molecule has 0 unspecified atom stereocenters. The lowest BCUT2D eigenvalue weighted by Gasteiger charge is -2.37. The van der Waals surface area contributed by atoms with Crippen molar-refractivity contribution in [2.75, 3.05) is 36.4 Å². The average Bonchev–Trinajstić information content (AvgIpc) is 2.55. The third-order valence-electron chi connectivity index (χ3n) is 4.40. The Morgan fingerprint density at radius 1 is 1.00 bits per heavy atom.